The highest BCUT2D eigenvalue weighted by Crippen LogP contribution is 2.36. The molecular formula is C22H21N3O4. The topological polar surface area (TPSA) is 74.6 Å². The number of carbonyl (C=O) groups excluding carboxylic acids is 1. The molecule has 1 atom stereocenters. The lowest BCUT2D eigenvalue weighted by Gasteiger charge is -2.24. The lowest BCUT2D eigenvalue weighted by molar-refractivity contribution is -0.00128. The SMILES string of the molecule is Cc1cccc(CNC(=O)c2cc3n(n2)C[C@H](c2ccc4c(c2)OCO4)OC3)c1. The van der Waals surface area contributed by atoms with Gasteiger partial charge in [-0.25, -0.2) is 0 Å². The maximum absolute atomic E-state index is 12.5. The summed E-state index contributed by atoms with van der Waals surface area (Å²) < 4.78 is 18.7. The van der Waals surface area contributed by atoms with Gasteiger partial charge in [0.05, 0.1) is 18.8 Å². The molecule has 0 bridgehead atoms. The highest BCUT2D eigenvalue weighted by molar-refractivity contribution is 5.92. The number of ether oxygens (including phenoxy) is 3. The molecule has 2 aliphatic heterocycles. The van der Waals surface area contributed by atoms with Crippen molar-refractivity contribution in [2.45, 2.75) is 32.7 Å². The van der Waals surface area contributed by atoms with Crippen LogP contribution in [-0.4, -0.2) is 22.5 Å². The predicted molar refractivity (Wildman–Crippen MR) is 105 cm³/mol. The summed E-state index contributed by atoms with van der Waals surface area (Å²) in [5.74, 6) is 1.29. The predicted octanol–water partition coefficient (Wildman–Crippen LogP) is 3.12. The molecule has 7 nitrogen and oxygen atoms in total. The van der Waals surface area contributed by atoms with Crippen molar-refractivity contribution in [3.8, 4) is 11.5 Å². The number of aromatic nitrogens is 2. The van der Waals surface area contributed by atoms with E-state index < -0.39 is 0 Å². The third-order valence-electron chi connectivity index (χ3n) is 5.17. The Labute approximate surface area is 168 Å². The average molecular weight is 391 g/mol. The second-order valence-corrected chi connectivity index (χ2v) is 7.29. The molecule has 0 aliphatic carbocycles. The molecule has 2 aliphatic rings. The molecule has 1 amide bonds. The van der Waals surface area contributed by atoms with Gasteiger partial charge in [-0.3, -0.25) is 9.48 Å². The summed E-state index contributed by atoms with van der Waals surface area (Å²) >= 11 is 0. The molecule has 3 aromatic rings. The molecule has 0 radical (unpaired) electrons. The Morgan fingerprint density at radius 2 is 2.07 bits per heavy atom. The Bertz CT molecular complexity index is 1080. The molecule has 29 heavy (non-hydrogen) atoms. The first-order valence-electron chi connectivity index (χ1n) is 9.57. The van der Waals surface area contributed by atoms with E-state index in [9.17, 15) is 4.79 Å². The fraction of sp³-hybridized carbons (Fsp3) is 0.273. The van der Waals surface area contributed by atoms with E-state index in [1.807, 2.05) is 48.0 Å². The van der Waals surface area contributed by atoms with Gasteiger partial charge >= 0.3 is 0 Å². The number of nitrogens with one attached hydrogen (secondary N) is 1. The lowest BCUT2D eigenvalue weighted by atomic mass is 10.1. The van der Waals surface area contributed by atoms with Crippen molar-refractivity contribution in [1.29, 1.82) is 0 Å². The van der Waals surface area contributed by atoms with Crippen LogP contribution >= 0.6 is 0 Å². The van der Waals surface area contributed by atoms with E-state index in [-0.39, 0.29) is 18.8 Å². The van der Waals surface area contributed by atoms with Gasteiger partial charge in [0.15, 0.2) is 17.2 Å². The summed E-state index contributed by atoms with van der Waals surface area (Å²) in [7, 11) is 0. The van der Waals surface area contributed by atoms with Crippen molar-refractivity contribution in [2.24, 2.45) is 0 Å². The molecule has 0 saturated heterocycles. The molecule has 1 N–H and O–H groups in total. The average Bonchev–Trinajstić information content (AvgIpc) is 3.37. The van der Waals surface area contributed by atoms with Gasteiger partial charge in [0.2, 0.25) is 6.79 Å². The first-order valence-corrected chi connectivity index (χ1v) is 9.57. The third kappa shape index (κ3) is 3.56. The number of nitrogens with zero attached hydrogens (tertiary/aromatic N) is 2. The van der Waals surface area contributed by atoms with Crippen molar-refractivity contribution in [1.82, 2.24) is 15.1 Å². The third-order valence-corrected chi connectivity index (χ3v) is 5.17. The first-order chi connectivity index (χ1) is 14.2. The highest BCUT2D eigenvalue weighted by atomic mass is 16.7. The van der Waals surface area contributed by atoms with Crippen LogP contribution in [-0.2, 0) is 24.4 Å². The molecule has 3 heterocycles. The van der Waals surface area contributed by atoms with Gasteiger partial charge in [0.25, 0.3) is 5.91 Å². The number of carbonyl (C=O) groups is 1. The zero-order chi connectivity index (χ0) is 19.8. The van der Waals surface area contributed by atoms with Crippen molar-refractivity contribution in [2.75, 3.05) is 6.79 Å². The number of rotatable bonds is 4. The Morgan fingerprint density at radius 3 is 2.97 bits per heavy atom. The first kappa shape index (κ1) is 17.8. The number of amides is 1. The van der Waals surface area contributed by atoms with Gasteiger partial charge < -0.3 is 19.5 Å². The quantitative estimate of drug-likeness (QED) is 0.740. The van der Waals surface area contributed by atoms with E-state index >= 15 is 0 Å². The van der Waals surface area contributed by atoms with Gasteiger partial charge in [-0.1, -0.05) is 35.9 Å². The maximum Gasteiger partial charge on any atom is 0.272 e. The summed E-state index contributed by atoms with van der Waals surface area (Å²) in [6.07, 6.45) is -0.153. The minimum Gasteiger partial charge on any atom is -0.454 e. The van der Waals surface area contributed by atoms with Crippen LogP contribution in [0.5, 0.6) is 11.5 Å². The van der Waals surface area contributed by atoms with Crippen LogP contribution in [0.4, 0.5) is 0 Å². The van der Waals surface area contributed by atoms with Crippen LogP contribution in [0.1, 0.15) is 39.0 Å². The van der Waals surface area contributed by atoms with Crippen molar-refractivity contribution < 1.29 is 19.0 Å². The molecule has 1 aromatic heterocycles. The molecule has 0 saturated carbocycles. The monoisotopic (exact) mass is 391 g/mol. The summed E-state index contributed by atoms with van der Waals surface area (Å²) in [6, 6.07) is 15.7. The number of hydrogen-bond donors (Lipinski definition) is 1. The number of fused-ring (bicyclic) bond motifs is 2. The van der Waals surface area contributed by atoms with Gasteiger partial charge in [0.1, 0.15) is 6.10 Å². The molecule has 2 aromatic carbocycles. The van der Waals surface area contributed by atoms with Gasteiger partial charge in [-0.2, -0.15) is 5.10 Å². The number of benzene rings is 2. The largest absolute Gasteiger partial charge is 0.454 e. The molecular weight excluding hydrogens is 370 g/mol. The summed E-state index contributed by atoms with van der Waals surface area (Å²) in [4.78, 5) is 12.5. The van der Waals surface area contributed by atoms with Crippen molar-refractivity contribution in [3.05, 3.63) is 76.6 Å². The molecule has 0 fully saturated rings. The zero-order valence-electron chi connectivity index (χ0n) is 16.1. The summed E-state index contributed by atoms with van der Waals surface area (Å²) in [5, 5.41) is 7.43. The van der Waals surface area contributed by atoms with E-state index in [0.717, 1.165) is 28.3 Å². The van der Waals surface area contributed by atoms with E-state index in [1.54, 1.807) is 6.07 Å². The molecule has 0 unspecified atom stereocenters. The summed E-state index contributed by atoms with van der Waals surface area (Å²) in [5.41, 5.74) is 4.53. The molecule has 148 valence electrons. The zero-order valence-corrected chi connectivity index (χ0v) is 16.1. The van der Waals surface area contributed by atoms with E-state index in [4.69, 9.17) is 14.2 Å². The van der Waals surface area contributed by atoms with Crippen LogP contribution in [0.15, 0.2) is 48.5 Å². The Kier molecular flexibility index (Phi) is 4.44. The Balaban J connectivity index is 1.27. The van der Waals surface area contributed by atoms with E-state index in [0.29, 0.717) is 25.4 Å². The van der Waals surface area contributed by atoms with Crippen LogP contribution in [0, 0.1) is 6.92 Å². The van der Waals surface area contributed by atoms with E-state index in [2.05, 4.69) is 16.5 Å². The van der Waals surface area contributed by atoms with Crippen LogP contribution < -0.4 is 14.8 Å². The smallest absolute Gasteiger partial charge is 0.272 e. The van der Waals surface area contributed by atoms with Crippen LogP contribution in [0.3, 0.4) is 0 Å². The van der Waals surface area contributed by atoms with Crippen molar-refractivity contribution >= 4 is 5.91 Å². The second-order valence-electron chi connectivity index (χ2n) is 7.29. The van der Waals surface area contributed by atoms with Crippen LogP contribution in [0.25, 0.3) is 0 Å². The minimum absolute atomic E-state index is 0.153. The Morgan fingerprint density at radius 1 is 1.17 bits per heavy atom. The van der Waals surface area contributed by atoms with E-state index in [1.165, 1.54) is 5.56 Å². The summed E-state index contributed by atoms with van der Waals surface area (Å²) in [6.45, 7) is 3.69. The fourth-order valence-electron chi connectivity index (χ4n) is 3.65. The van der Waals surface area contributed by atoms with Gasteiger partial charge in [0, 0.05) is 6.54 Å². The number of hydrogen-bond acceptors (Lipinski definition) is 5. The highest BCUT2D eigenvalue weighted by Gasteiger charge is 2.25. The standard InChI is InChI=1S/C22H21N3O4/c1-14-3-2-4-15(7-14)10-23-22(26)18-9-17-12-27-21(11-25(17)24-18)16-5-6-19-20(8-16)29-13-28-19/h2-9,21H,10-13H2,1H3,(H,23,26)/t21-/m1/s1. The van der Waals surface area contributed by atoms with Gasteiger partial charge in [-0.15, -0.1) is 0 Å². The van der Waals surface area contributed by atoms with Gasteiger partial charge in [-0.05, 0) is 36.2 Å². The molecule has 0 spiro atoms. The molecule has 5 rings (SSSR count). The number of aryl methyl sites for hydroxylation is 1. The molecule has 7 heteroatoms. The normalized spacial score (nSPS) is 17.1. The van der Waals surface area contributed by atoms with Crippen molar-refractivity contribution in [3.63, 3.8) is 0 Å². The second kappa shape index (κ2) is 7.25. The lowest BCUT2D eigenvalue weighted by Crippen LogP contribution is -2.24. The fourth-order valence-corrected chi connectivity index (χ4v) is 3.65. The maximum atomic E-state index is 12.5. The minimum atomic E-state index is -0.187. The van der Waals surface area contributed by atoms with Crippen LogP contribution in [0.2, 0.25) is 0 Å². The Hall–Kier alpha value is -3.32.